The number of aryl methyl sites for hydroxylation is 1. The van der Waals surface area contributed by atoms with Gasteiger partial charge in [0.1, 0.15) is 0 Å². The Kier molecular flexibility index (Phi) is 4.97. The Morgan fingerprint density at radius 3 is 2.79 bits per heavy atom. The lowest BCUT2D eigenvalue weighted by Gasteiger charge is -2.33. The van der Waals surface area contributed by atoms with Gasteiger partial charge in [0.2, 0.25) is 0 Å². The Morgan fingerprint density at radius 1 is 1.53 bits per heavy atom. The molecule has 19 heavy (non-hydrogen) atoms. The molecule has 2 heterocycles. The number of nitrogens with zero attached hydrogens (tertiary/aromatic N) is 2. The third-order valence-electron chi connectivity index (χ3n) is 3.72. The smallest absolute Gasteiger partial charge is 0.0682 e. The molecular formula is C14H25N3OS. The summed E-state index contributed by atoms with van der Waals surface area (Å²) in [6.07, 6.45) is 0.624. The highest BCUT2D eigenvalue weighted by Gasteiger charge is 2.36. The average Bonchev–Trinajstić information content (AvgIpc) is 2.87. The lowest BCUT2D eigenvalue weighted by Crippen LogP contribution is -2.42. The third-order valence-corrected chi connectivity index (χ3v) is 4.83. The van der Waals surface area contributed by atoms with Crippen LogP contribution in [0.3, 0.4) is 0 Å². The van der Waals surface area contributed by atoms with Gasteiger partial charge in [0.25, 0.3) is 0 Å². The Hall–Kier alpha value is -0.460. The minimum absolute atomic E-state index is 0.222. The van der Waals surface area contributed by atoms with Gasteiger partial charge in [0, 0.05) is 35.4 Å². The van der Waals surface area contributed by atoms with Gasteiger partial charge in [-0.1, -0.05) is 0 Å². The lowest BCUT2D eigenvalue weighted by atomic mass is 10.1. The van der Waals surface area contributed by atoms with E-state index >= 15 is 0 Å². The van der Waals surface area contributed by atoms with Crippen molar-refractivity contribution in [2.24, 2.45) is 5.73 Å². The van der Waals surface area contributed by atoms with Crippen LogP contribution in [0, 0.1) is 6.92 Å². The first-order valence-corrected chi connectivity index (χ1v) is 7.68. The highest BCUT2D eigenvalue weighted by Crippen LogP contribution is 2.32. The summed E-state index contributed by atoms with van der Waals surface area (Å²) in [5.41, 5.74) is 6.00. The van der Waals surface area contributed by atoms with E-state index in [4.69, 9.17) is 5.73 Å². The van der Waals surface area contributed by atoms with Crippen molar-refractivity contribution < 1.29 is 5.11 Å². The molecule has 4 nitrogen and oxygen atoms in total. The van der Waals surface area contributed by atoms with Crippen molar-refractivity contribution in [2.75, 3.05) is 33.7 Å². The standard InChI is InChI=1S/C14H25N3OS/c1-10-4-5-14(19-10)13(7-15)17-9-12(18)6-11(17)8-16(2)3/h4-5,11-13,18H,6-9,15H2,1-3H3. The van der Waals surface area contributed by atoms with E-state index < -0.39 is 0 Å². The highest BCUT2D eigenvalue weighted by atomic mass is 32.1. The Morgan fingerprint density at radius 2 is 2.26 bits per heavy atom. The second kappa shape index (κ2) is 6.33. The molecule has 0 bridgehead atoms. The Bertz CT molecular complexity index is 407. The maximum atomic E-state index is 9.98. The van der Waals surface area contributed by atoms with E-state index in [-0.39, 0.29) is 12.1 Å². The van der Waals surface area contributed by atoms with Gasteiger partial charge in [-0.15, -0.1) is 11.3 Å². The summed E-state index contributed by atoms with van der Waals surface area (Å²) in [6.45, 7) is 4.43. The van der Waals surface area contributed by atoms with Gasteiger partial charge in [-0.25, -0.2) is 0 Å². The molecule has 3 N–H and O–H groups in total. The quantitative estimate of drug-likeness (QED) is 0.848. The largest absolute Gasteiger partial charge is 0.392 e. The molecule has 108 valence electrons. The van der Waals surface area contributed by atoms with Crippen molar-refractivity contribution in [3.63, 3.8) is 0 Å². The van der Waals surface area contributed by atoms with Gasteiger partial charge >= 0.3 is 0 Å². The first-order chi connectivity index (χ1) is 9.01. The predicted molar refractivity (Wildman–Crippen MR) is 80.5 cm³/mol. The fourth-order valence-electron chi connectivity index (χ4n) is 2.95. The van der Waals surface area contributed by atoms with Crippen LogP contribution in [0.25, 0.3) is 0 Å². The molecule has 0 saturated carbocycles. The molecule has 0 aliphatic carbocycles. The number of hydrogen-bond donors (Lipinski definition) is 2. The molecule has 0 spiro atoms. The summed E-state index contributed by atoms with van der Waals surface area (Å²) in [4.78, 5) is 7.20. The van der Waals surface area contributed by atoms with Crippen LogP contribution >= 0.6 is 11.3 Å². The molecule has 3 atom stereocenters. The van der Waals surface area contributed by atoms with E-state index in [9.17, 15) is 5.11 Å². The molecule has 0 aromatic carbocycles. The zero-order valence-electron chi connectivity index (χ0n) is 12.0. The van der Waals surface area contributed by atoms with Crippen molar-refractivity contribution in [1.82, 2.24) is 9.80 Å². The summed E-state index contributed by atoms with van der Waals surface area (Å²) in [6, 6.07) is 4.95. The van der Waals surface area contributed by atoms with Crippen molar-refractivity contribution in [3.05, 3.63) is 21.9 Å². The van der Waals surface area contributed by atoms with Crippen LogP contribution in [0.15, 0.2) is 12.1 Å². The van der Waals surface area contributed by atoms with Gasteiger partial charge in [0.15, 0.2) is 0 Å². The van der Waals surface area contributed by atoms with Crippen LogP contribution in [0.4, 0.5) is 0 Å². The summed E-state index contributed by atoms with van der Waals surface area (Å²) in [7, 11) is 4.16. The Labute approximate surface area is 119 Å². The second-order valence-electron chi connectivity index (χ2n) is 5.70. The van der Waals surface area contributed by atoms with E-state index in [0.717, 1.165) is 19.5 Å². The average molecular weight is 283 g/mol. The van der Waals surface area contributed by atoms with Crippen LogP contribution in [-0.2, 0) is 0 Å². The third kappa shape index (κ3) is 3.55. The minimum Gasteiger partial charge on any atom is -0.392 e. The zero-order valence-corrected chi connectivity index (χ0v) is 12.9. The zero-order chi connectivity index (χ0) is 14.0. The molecule has 0 radical (unpaired) electrons. The summed E-state index contributed by atoms with van der Waals surface area (Å²) >= 11 is 1.81. The SMILES string of the molecule is Cc1ccc(C(CN)N2CC(O)CC2CN(C)C)s1. The molecule has 0 amide bonds. The summed E-state index contributed by atoms with van der Waals surface area (Å²) < 4.78 is 0. The molecule has 1 saturated heterocycles. The minimum atomic E-state index is -0.222. The molecule has 1 fully saturated rings. The molecule has 5 heteroatoms. The first-order valence-electron chi connectivity index (χ1n) is 6.86. The fourth-order valence-corrected chi connectivity index (χ4v) is 3.96. The van der Waals surface area contributed by atoms with Crippen LogP contribution < -0.4 is 5.73 Å². The number of likely N-dealkylation sites (tertiary alicyclic amines) is 1. The van der Waals surface area contributed by atoms with Gasteiger partial charge in [0.05, 0.1) is 12.1 Å². The van der Waals surface area contributed by atoms with Crippen LogP contribution in [0.1, 0.15) is 22.2 Å². The van der Waals surface area contributed by atoms with Crippen LogP contribution in [0.2, 0.25) is 0 Å². The van der Waals surface area contributed by atoms with Crippen molar-refractivity contribution in [1.29, 1.82) is 0 Å². The Balaban J connectivity index is 2.16. The first kappa shape index (κ1) is 14.9. The topological polar surface area (TPSA) is 52.7 Å². The predicted octanol–water partition coefficient (Wildman–Crippen LogP) is 1.05. The molecule has 1 aromatic heterocycles. The molecular weight excluding hydrogens is 258 g/mol. The van der Waals surface area contributed by atoms with E-state index in [0.29, 0.717) is 12.6 Å². The number of thiophene rings is 1. The number of β-amino-alcohol motifs (C(OH)–C–C–N with tert-alkyl or cyclic N) is 1. The maximum absolute atomic E-state index is 9.98. The van der Waals surface area contributed by atoms with Crippen molar-refractivity contribution in [3.8, 4) is 0 Å². The fraction of sp³-hybridized carbons (Fsp3) is 0.714. The molecule has 2 rings (SSSR count). The second-order valence-corrected chi connectivity index (χ2v) is 7.02. The van der Waals surface area contributed by atoms with Gasteiger partial charge in [-0.2, -0.15) is 0 Å². The molecule has 1 aliphatic heterocycles. The van der Waals surface area contributed by atoms with E-state index in [1.165, 1.54) is 9.75 Å². The van der Waals surface area contributed by atoms with Gasteiger partial charge < -0.3 is 15.7 Å². The van der Waals surface area contributed by atoms with Gasteiger partial charge in [-0.3, -0.25) is 4.90 Å². The molecule has 3 unspecified atom stereocenters. The van der Waals surface area contributed by atoms with E-state index in [1.807, 2.05) is 11.3 Å². The molecule has 1 aliphatic rings. The summed E-state index contributed by atoms with van der Waals surface area (Å²) in [5, 5.41) is 9.98. The van der Waals surface area contributed by atoms with Crippen LogP contribution in [-0.4, -0.2) is 60.8 Å². The number of likely N-dealkylation sites (N-methyl/N-ethyl adjacent to an activating group) is 1. The van der Waals surface area contributed by atoms with E-state index in [2.05, 4.69) is 43.0 Å². The maximum Gasteiger partial charge on any atom is 0.0682 e. The number of hydrogen-bond acceptors (Lipinski definition) is 5. The monoisotopic (exact) mass is 283 g/mol. The van der Waals surface area contributed by atoms with E-state index in [1.54, 1.807) is 0 Å². The number of rotatable bonds is 5. The lowest BCUT2D eigenvalue weighted by molar-refractivity contribution is 0.140. The number of nitrogens with two attached hydrogens (primary N) is 1. The number of aliphatic hydroxyl groups is 1. The van der Waals surface area contributed by atoms with Crippen molar-refractivity contribution in [2.45, 2.75) is 31.5 Å². The molecule has 1 aromatic rings. The number of aliphatic hydroxyl groups excluding tert-OH is 1. The highest BCUT2D eigenvalue weighted by molar-refractivity contribution is 7.12. The van der Waals surface area contributed by atoms with Gasteiger partial charge in [-0.05, 0) is 39.6 Å². The van der Waals surface area contributed by atoms with Crippen LogP contribution in [0.5, 0.6) is 0 Å². The normalized spacial score (nSPS) is 26.2. The summed E-state index contributed by atoms with van der Waals surface area (Å²) in [5.74, 6) is 0. The van der Waals surface area contributed by atoms with Crippen molar-refractivity contribution >= 4 is 11.3 Å².